The van der Waals surface area contributed by atoms with E-state index in [0.717, 1.165) is 18.1 Å². The van der Waals surface area contributed by atoms with Crippen LogP contribution in [0.15, 0.2) is 48.5 Å². The maximum atomic E-state index is 13.9. The molecule has 2 aromatic heterocycles. The van der Waals surface area contributed by atoms with Gasteiger partial charge in [-0.15, -0.1) is 0 Å². The Bertz CT molecular complexity index is 1620. The molecule has 1 aliphatic heterocycles. The molecular formula is C24H20F4N4O4S. The third kappa shape index (κ3) is 4.43. The molecule has 0 atom stereocenters. The van der Waals surface area contributed by atoms with Crippen molar-refractivity contribution in [3.63, 3.8) is 0 Å². The van der Waals surface area contributed by atoms with Gasteiger partial charge in [-0.3, -0.25) is 4.57 Å². The van der Waals surface area contributed by atoms with E-state index < -0.39 is 27.2 Å². The first-order valence-corrected chi connectivity index (χ1v) is 12.5. The lowest BCUT2D eigenvalue weighted by molar-refractivity contribution is -0.0499. The molecule has 0 saturated carbocycles. The number of aryl methyl sites for hydroxylation is 1. The number of alkyl halides is 3. The van der Waals surface area contributed by atoms with Crippen LogP contribution in [0.1, 0.15) is 17.7 Å². The number of halogens is 4. The van der Waals surface area contributed by atoms with Crippen molar-refractivity contribution in [1.29, 1.82) is 0 Å². The van der Waals surface area contributed by atoms with E-state index in [-0.39, 0.29) is 11.3 Å². The lowest BCUT2D eigenvalue weighted by Gasteiger charge is -2.26. The van der Waals surface area contributed by atoms with Gasteiger partial charge in [-0.1, -0.05) is 12.1 Å². The third-order valence-electron chi connectivity index (χ3n) is 5.93. The van der Waals surface area contributed by atoms with Crippen molar-refractivity contribution in [2.45, 2.75) is 25.3 Å². The zero-order valence-corrected chi connectivity index (χ0v) is 20.4. The van der Waals surface area contributed by atoms with E-state index >= 15 is 0 Å². The zero-order chi connectivity index (χ0) is 26.5. The molecule has 4 aromatic rings. The Labute approximate surface area is 209 Å². The average Bonchev–Trinajstić information content (AvgIpc) is 3.19. The van der Waals surface area contributed by atoms with Crippen LogP contribution >= 0.6 is 0 Å². The van der Waals surface area contributed by atoms with Gasteiger partial charge in [0.15, 0.2) is 5.75 Å². The Morgan fingerprint density at radius 1 is 1.11 bits per heavy atom. The first-order valence-electron chi connectivity index (χ1n) is 11.1. The Hall–Kier alpha value is -3.87. The van der Waals surface area contributed by atoms with E-state index in [1.54, 1.807) is 41.6 Å². The maximum absolute atomic E-state index is 13.9. The van der Waals surface area contributed by atoms with Crippen LogP contribution in [0.2, 0.25) is 0 Å². The number of ether oxygens (including phenoxy) is 1. The fourth-order valence-corrected chi connectivity index (χ4v) is 4.70. The fourth-order valence-electron chi connectivity index (χ4n) is 4.22. The molecule has 8 nitrogen and oxygen atoms in total. The lowest BCUT2D eigenvalue weighted by Crippen LogP contribution is -2.28. The second kappa shape index (κ2) is 8.91. The van der Waals surface area contributed by atoms with Crippen molar-refractivity contribution in [3.8, 4) is 17.6 Å². The Morgan fingerprint density at radius 2 is 1.86 bits per heavy atom. The molecule has 194 valence electrons. The van der Waals surface area contributed by atoms with Crippen molar-refractivity contribution in [1.82, 2.24) is 14.5 Å². The molecule has 0 saturated heterocycles. The van der Waals surface area contributed by atoms with Crippen LogP contribution in [0.25, 0.3) is 16.9 Å². The van der Waals surface area contributed by atoms with E-state index in [1.165, 1.54) is 24.3 Å². The van der Waals surface area contributed by atoms with Crippen LogP contribution in [0, 0.1) is 12.7 Å². The van der Waals surface area contributed by atoms with E-state index in [9.17, 15) is 26.0 Å². The summed E-state index contributed by atoms with van der Waals surface area (Å²) in [6.45, 7) is 2.10. The molecule has 0 amide bonds. The summed E-state index contributed by atoms with van der Waals surface area (Å²) in [4.78, 5) is 11.0. The Morgan fingerprint density at radius 3 is 2.59 bits per heavy atom. The molecule has 1 aliphatic rings. The minimum atomic E-state index is -5.87. The summed E-state index contributed by atoms with van der Waals surface area (Å²) in [5.41, 5.74) is -3.48. The van der Waals surface area contributed by atoms with Crippen LogP contribution in [0.5, 0.6) is 11.6 Å². The molecule has 2 aromatic carbocycles. The number of anilines is 2. The van der Waals surface area contributed by atoms with E-state index in [2.05, 4.69) is 9.17 Å². The summed E-state index contributed by atoms with van der Waals surface area (Å²) in [6, 6.07) is 11.6. The van der Waals surface area contributed by atoms with Gasteiger partial charge in [0.25, 0.3) is 0 Å². The predicted octanol–water partition coefficient (Wildman–Crippen LogP) is 5.19. The number of aromatic nitrogens is 3. The minimum absolute atomic E-state index is 0.120. The lowest BCUT2D eigenvalue weighted by atomic mass is 10.1. The first kappa shape index (κ1) is 24.8. The zero-order valence-electron chi connectivity index (χ0n) is 19.6. The van der Waals surface area contributed by atoms with Gasteiger partial charge in [0.1, 0.15) is 11.6 Å². The summed E-state index contributed by atoms with van der Waals surface area (Å²) >= 11 is 0. The number of nitrogens with zero attached hydrogens (tertiary/aromatic N) is 4. The highest BCUT2D eigenvalue weighted by Gasteiger charge is 2.48. The van der Waals surface area contributed by atoms with Crippen LogP contribution in [-0.2, 0) is 16.5 Å². The standard InChI is InChI=1S/C24H20F4N4O4S/c1-14-12-18-19(9-4-10-20(18)36-37(33,34)24(26,27)28)32(14)23-29-21(17-8-5-11-35-22(17)30-23)31(2)16-7-3-6-15(25)13-16/h3-4,6-7,9-10,12-13H,5,8,11H2,1-2H3. The van der Waals surface area contributed by atoms with Gasteiger partial charge in [0.2, 0.25) is 11.8 Å². The molecule has 0 radical (unpaired) electrons. The molecule has 13 heteroatoms. The van der Waals surface area contributed by atoms with Gasteiger partial charge in [-0.05, 0) is 56.2 Å². The average molecular weight is 537 g/mol. The number of hydrogen-bond acceptors (Lipinski definition) is 7. The minimum Gasteiger partial charge on any atom is -0.477 e. The van der Waals surface area contributed by atoms with Crippen molar-refractivity contribution < 1.29 is 34.9 Å². The molecule has 0 unspecified atom stereocenters. The van der Waals surface area contributed by atoms with Crippen LogP contribution in [0.4, 0.5) is 29.1 Å². The topological polar surface area (TPSA) is 86.6 Å². The second-order valence-corrected chi connectivity index (χ2v) is 9.95. The highest BCUT2D eigenvalue weighted by molar-refractivity contribution is 7.88. The normalized spacial score (nSPS) is 13.8. The molecule has 37 heavy (non-hydrogen) atoms. The SMILES string of the molecule is Cc1cc2c(OS(=O)(=O)C(F)(F)F)cccc2n1-c1nc2c(c(N(C)c3cccc(F)c3)n1)CCCO2. The van der Waals surface area contributed by atoms with Crippen molar-refractivity contribution in [2.75, 3.05) is 18.6 Å². The largest absolute Gasteiger partial charge is 0.534 e. The number of rotatable bonds is 5. The smallest absolute Gasteiger partial charge is 0.477 e. The Kier molecular flexibility index (Phi) is 5.97. The monoisotopic (exact) mass is 536 g/mol. The van der Waals surface area contributed by atoms with Crippen molar-refractivity contribution in [3.05, 3.63) is 65.6 Å². The quantitative estimate of drug-likeness (QED) is 0.197. The molecule has 0 spiro atoms. The van der Waals surface area contributed by atoms with Gasteiger partial charge in [-0.25, -0.2) is 4.39 Å². The molecule has 0 fully saturated rings. The summed E-state index contributed by atoms with van der Waals surface area (Å²) < 4.78 is 87.8. The van der Waals surface area contributed by atoms with Gasteiger partial charge in [0, 0.05) is 23.8 Å². The summed E-state index contributed by atoms with van der Waals surface area (Å²) in [7, 11) is -4.15. The van der Waals surface area contributed by atoms with Crippen LogP contribution < -0.4 is 13.8 Å². The van der Waals surface area contributed by atoms with Crippen LogP contribution in [-0.4, -0.2) is 42.1 Å². The fraction of sp³-hybridized carbons (Fsp3) is 0.250. The molecule has 0 N–H and O–H groups in total. The summed E-state index contributed by atoms with van der Waals surface area (Å²) in [6.07, 6.45) is 1.36. The summed E-state index contributed by atoms with van der Waals surface area (Å²) in [5, 5.41) is 0.120. The number of benzene rings is 2. The molecule has 0 aliphatic carbocycles. The predicted molar refractivity (Wildman–Crippen MR) is 127 cm³/mol. The molecule has 5 rings (SSSR count). The van der Waals surface area contributed by atoms with E-state index in [4.69, 9.17) is 9.72 Å². The third-order valence-corrected chi connectivity index (χ3v) is 6.90. The van der Waals surface area contributed by atoms with Gasteiger partial charge in [-0.2, -0.15) is 31.6 Å². The van der Waals surface area contributed by atoms with E-state index in [1.807, 2.05) is 0 Å². The van der Waals surface area contributed by atoms with Crippen molar-refractivity contribution in [2.24, 2.45) is 0 Å². The Balaban J connectivity index is 1.67. The maximum Gasteiger partial charge on any atom is 0.534 e. The van der Waals surface area contributed by atoms with Crippen LogP contribution in [0.3, 0.4) is 0 Å². The van der Waals surface area contributed by atoms with E-state index in [0.29, 0.717) is 41.6 Å². The van der Waals surface area contributed by atoms with Gasteiger partial charge >= 0.3 is 15.6 Å². The molecular weight excluding hydrogens is 516 g/mol. The van der Waals surface area contributed by atoms with Gasteiger partial charge in [0.05, 0.1) is 17.7 Å². The van der Waals surface area contributed by atoms with Crippen molar-refractivity contribution >= 4 is 32.5 Å². The summed E-state index contributed by atoms with van der Waals surface area (Å²) in [5.74, 6) is 0.0453. The number of fused-ring (bicyclic) bond motifs is 2. The van der Waals surface area contributed by atoms with Gasteiger partial charge < -0.3 is 13.8 Å². The molecule has 3 heterocycles. The highest BCUT2D eigenvalue weighted by Crippen LogP contribution is 2.37. The first-order chi connectivity index (χ1) is 17.5. The molecule has 0 bridgehead atoms. The number of hydrogen-bond donors (Lipinski definition) is 0. The second-order valence-electron chi connectivity index (χ2n) is 8.42. The highest BCUT2D eigenvalue weighted by atomic mass is 32.2.